The van der Waals surface area contributed by atoms with Crippen molar-refractivity contribution in [2.45, 2.75) is 20.3 Å². The van der Waals surface area contributed by atoms with Crippen molar-refractivity contribution in [2.75, 3.05) is 39.4 Å². The molecule has 1 saturated heterocycles. The molecule has 2 N–H and O–H groups in total. The number of rotatable bonds is 5. The summed E-state index contributed by atoms with van der Waals surface area (Å²) in [6.45, 7) is 9.64. The van der Waals surface area contributed by atoms with Gasteiger partial charge in [0.1, 0.15) is 0 Å². The molecule has 0 aromatic carbocycles. The van der Waals surface area contributed by atoms with Crippen LogP contribution in [0.2, 0.25) is 0 Å². The summed E-state index contributed by atoms with van der Waals surface area (Å²) < 4.78 is 5.29. The van der Waals surface area contributed by atoms with Gasteiger partial charge in [0, 0.05) is 31.5 Å². The molecule has 1 fully saturated rings. The molecule has 1 aliphatic rings. The Labute approximate surface area is 98.2 Å². The molecule has 92 valence electrons. The van der Waals surface area contributed by atoms with Crippen molar-refractivity contribution in [3.63, 3.8) is 0 Å². The third kappa shape index (κ3) is 4.77. The van der Waals surface area contributed by atoms with Crippen molar-refractivity contribution in [3.8, 4) is 0 Å². The van der Waals surface area contributed by atoms with Crippen molar-refractivity contribution < 1.29 is 4.74 Å². The third-order valence-electron chi connectivity index (χ3n) is 2.78. The Kier molecular flexibility index (Phi) is 6.11. The molecule has 1 rings (SSSR count). The highest BCUT2D eigenvalue weighted by Gasteiger charge is 2.08. The average Bonchev–Trinajstić information content (AvgIpc) is 2.30. The molecule has 0 aromatic rings. The first-order valence-electron chi connectivity index (χ1n) is 5.99. The van der Waals surface area contributed by atoms with Gasteiger partial charge in [0.15, 0.2) is 0 Å². The fourth-order valence-electron chi connectivity index (χ4n) is 1.67. The number of hydrogen-bond donors (Lipinski definition) is 1. The van der Waals surface area contributed by atoms with Gasteiger partial charge in [0.2, 0.25) is 0 Å². The largest absolute Gasteiger partial charge is 0.402 e. The molecule has 0 bridgehead atoms. The average molecular weight is 225 g/mol. The maximum atomic E-state index is 5.73. The van der Waals surface area contributed by atoms with Crippen LogP contribution in [0.4, 0.5) is 0 Å². The number of aliphatic imine (C=N–C) groups is 1. The van der Waals surface area contributed by atoms with Gasteiger partial charge in [-0.1, -0.05) is 6.92 Å². The molecule has 4 heteroatoms. The van der Waals surface area contributed by atoms with Crippen LogP contribution in [0.15, 0.2) is 16.3 Å². The minimum absolute atomic E-state index is 0.844. The summed E-state index contributed by atoms with van der Waals surface area (Å²) in [6.07, 6.45) is 2.86. The normalized spacial score (nSPS) is 20.1. The zero-order valence-electron chi connectivity index (χ0n) is 10.4. The molecule has 16 heavy (non-hydrogen) atoms. The number of allylic oxidation sites excluding steroid dienone is 2. The van der Waals surface area contributed by atoms with Crippen LogP contribution >= 0.6 is 0 Å². The lowest BCUT2D eigenvalue weighted by atomic mass is 10.2. The first-order chi connectivity index (χ1) is 7.74. The van der Waals surface area contributed by atoms with Gasteiger partial charge in [0.25, 0.3) is 0 Å². The van der Waals surface area contributed by atoms with E-state index in [1.165, 1.54) is 0 Å². The van der Waals surface area contributed by atoms with Gasteiger partial charge in [-0.25, -0.2) is 0 Å². The van der Waals surface area contributed by atoms with E-state index in [-0.39, 0.29) is 0 Å². The number of hydrogen-bond acceptors (Lipinski definition) is 4. The number of nitrogens with two attached hydrogens (primary N) is 1. The summed E-state index contributed by atoms with van der Waals surface area (Å²) in [7, 11) is 0. The van der Waals surface area contributed by atoms with Gasteiger partial charge >= 0.3 is 0 Å². The van der Waals surface area contributed by atoms with Gasteiger partial charge < -0.3 is 10.5 Å². The molecule has 0 aromatic heterocycles. The molecule has 0 atom stereocenters. The predicted molar refractivity (Wildman–Crippen MR) is 67.8 cm³/mol. The summed E-state index contributed by atoms with van der Waals surface area (Å²) in [6, 6.07) is 0. The second kappa shape index (κ2) is 7.41. The lowest BCUT2D eigenvalue weighted by Crippen LogP contribution is -2.37. The second-order valence-electron chi connectivity index (χ2n) is 4.05. The third-order valence-corrected chi connectivity index (χ3v) is 2.78. The Morgan fingerprint density at radius 3 is 2.69 bits per heavy atom. The van der Waals surface area contributed by atoms with Crippen LogP contribution in [0, 0.1) is 0 Å². The van der Waals surface area contributed by atoms with E-state index in [4.69, 9.17) is 10.5 Å². The molecular formula is C12H23N3O. The van der Waals surface area contributed by atoms with Crippen molar-refractivity contribution in [1.82, 2.24) is 4.90 Å². The standard InChI is InChI=1S/C12H23N3O/c1-3-12(11(2)13)10-14-4-5-15-6-8-16-9-7-15/h10H,3-9,13H2,1-2H3/b12-11-,14-10?. The van der Waals surface area contributed by atoms with Crippen LogP contribution in [0.5, 0.6) is 0 Å². The fraction of sp³-hybridized carbons (Fsp3) is 0.750. The Morgan fingerprint density at radius 2 is 2.12 bits per heavy atom. The Hall–Kier alpha value is -0.870. The maximum Gasteiger partial charge on any atom is 0.0594 e. The highest BCUT2D eigenvalue weighted by molar-refractivity contribution is 5.79. The van der Waals surface area contributed by atoms with Crippen molar-refractivity contribution in [2.24, 2.45) is 10.7 Å². The fourth-order valence-corrected chi connectivity index (χ4v) is 1.67. The van der Waals surface area contributed by atoms with Crippen molar-refractivity contribution in [3.05, 3.63) is 11.3 Å². The summed E-state index contributed by atoms with van der Waals surface area (Å²) in [5.41, 5.74) is 7.75. The Balaban J connectivity index is 2.23. The first kappa shape index (κ1) is 13.2. The van der Waals surface area contributed by atoms with E-state index in [1.54, 1.807) is 0 Å². The van der Waals surface area contributed by atoms with Crippen LogP contribution in [-0.4, -0.2) is 50.5 Å². The monoisotopic (exact) mass is 225 g/mol. The first-order valence-corrected chi connectivity index (χ1v) is 5.99. The van der Waals surface area contributed by atoms with E-state index in [2.05, 4.69) is 16.8 Å². The smallest absolute Gasteiger partial charge is 0.0594 e. The molecule has 0 saturated carbocycles. The van der Waals surface area contributed by atoms with Gasteiger partial charge in [0.05, 0.1) is 19.8 Å². The van der Waals surface area contributed by atoms with Crippen molar-refractivity contribution >= 4 is 6.21 Å². The molecule has 1 heterocycles. The maximum absolute atomic E-state index is 5.73. The van der Waals surface area contributed by atoms with E-state index < -0.39 is 0 Å². The molecule has 0 amide bonds. The zero-order valence-corrected chi connectivity index (χ0v) is 10.4. The van der Waals surface area contributed by atoms with Crippen LogP contribution in [0.1, 0.15) is 20.3 Å². The Bertz CT molecular complexity index is 251. The molecule has 0 spiro atoms. The van der Waals surface area contributed by atoms with Crippen molar-refractivity contribution in [1.29, 1.82) is 0 Å². The van der Waals surface area contributed by atoms with Gasteiger partial charge in [-0.2, -0.15) is 0 Å². The van der Waals surface area contributed by atoms with Gasteiger partial charge in [-0.15, -0.1) is 0 Å². The van der Waals surface area contributed by atoms with Crippen LogP contribution in [0.3, 0.4) is 0 Å². The molecule has 4 nitrogen and oxygen atoms in total. The summed E-state index contributed by atoms with van der Waals surface area (Å²) in [5.74, 6) is 0. The molecule has 0 radical (unpaired) electrons. The van der Waals surface area contributed by atoms with Gasteiger partial charge in [-0.3, -0.25) is 9.89 Å². The lowest BCUT2D eigenvalue weighted by molar-refractivity contribution is 0.0395. The topological polar surface area (TPSA) is 50.8 Å². The minimum atomic E-state index is 0.844. The molecular weight excluding hydrogens is 202 g/mol. The number of morpholine rings is 1. The SMILES string of the molecule is CC/C(C=NCCN1CCOCC1)=C(\C)N. The summed E-state index contributed by atoms with van der Waals surface area (Å²) >= 11 is 0. The molecule has 0 unspecified atom stereocenters. The highest BCUT2D eigenvalue weighted by Crippen LogP contribution is 2.01. The lowest BCUT2D eigenvalue weighted by Gasteiger charge is -2.25. The van der Waals surface area contributed by atoms with E-state index in [0.29, 0.717) is 0 Å². The number of nitrogens with zero attached hydrogens (tertiary/aromatic N) is 2. The predicted octanol–water partition coefficient (Wildman–Crippen LogP) is 1.03. The van der Waals surface area contributed by atoms with E-state index in [1.807, 2.05) is 13.1 Å². The van der Waals surface area contributed by atoms with Crippen LogP contribution < -0.4 is 5.73 Å². The zero-order chi connectivity index (χ0) is 11.8. The van der Waals surface area contributed by atoms with E-state index >= 15 is 0 Å². The highest BCUT2D eigenvalue weighted by atomic mass is 16.5. The molecule has 0 aliphatic carbocycles. The summed E-state index contributed by atoms with van der Waals surface area (Å²) in [5, 5.41) is 0. The molecule has 1 aliphatic heterocycles. The van der Waals surface area contributed by atoms with E-state index in [0.717, 1.165) is 57.1 Å². The Morgan fingerprint density at radius 1 is 1.44 bits per heavy atom. The van der Waals surface area contributed by atoms with Gasteiger partial charge in [-0.05, 0) is 18.9 Å². The second-order valence-corrected chi connectivity index (χ2v) is 4.05. The summed E-state index contributed by atoms with van der Waals surface area (Å²) in [4.78, 5) is 6.79. The van der Waals surface area contributed by atoms with E-state index in [9.17, 15) is 0 Å². The number of ether oxygens (including phenoxy) is 1. The van der Waals surface area contributed by atoms with Crippen LogP contribution in [0.25, 0.3) is 0 Å². The minimum Gasteiger partial charge on any atom is -0.402 e. The quantitative estimate of drug-likeness (QED) is 0.711. The van der Waals surface area contributed by atoms with Crippen LogP contribution in [-0.2, 0) is 4.74 Å².